The van der Waals surface area contributed by atoms with Crippen molar-refractivity contribution in [2.75, 3.05) is 45.3 Å². The van der Waals surface area contributed by atoms with E-state index in [2.05, 4.69) is 21.3 Å². The number of unbranched alkanes of at least 4 members (excludes halogenated alkanes) is 1. The fraction of sp³-hybridized carbons (Fsp3) is 0.750. The van der Waals surface area contributed by atoms with Crippen molar-refractivity contribution in [3.63, 3.8) is 0 Å². The van der Waals surface area contributed by atoms with Crippen molar-refractivity contribution in [2.45, 2.75) is 64.5 Å². The third-order valence-electron chi connectivity index (χ3n) is 5.55. The molecule has 0 spiro atoms. The Labute approximate surface area is 244 Å². The van der Waals surface area contributed by atoms with Crippen LogP contribution in [0.2, 0.25) is 0 Å². The van der Waals surface area contributed by atoms with Crippen LogP contribution in [0.1, 0.15) is 52.4 Å². The van der Waals surface area contributed by atoms with Crippen LogP contribution in [-0.2, 0) is 48.4 Å². The van der Waals surface area contributed by atoms with Gasteiger partial charge in [-0.15, -0.1) is 0 Å². The predicted octanol–water partition coefficient (Wildman–Crippen LogP) is -1.72. The number of nitrogens with one attached hydrogen (secondary N) is 4. The number of hydrogen-bond acceptors (Lipinski definition) is 10. The topological polar surface area (TPSA) is 264 Å². The van der Waals surface area contributed by atoms with Crippen molar-refractivity contribution in [3.05, 3.63) is 0 Å². The van der Waals surface area contributed by atoms with Gasteiger partial charge >= 0.3 is 11.9 Å². The molecule has 17 nitrogen and oxygen atoms in total. The molecule has 3 atom stereocenters. The van der Waals surface area contributed by atoms with Crippen LogP contribution in [0.25, 0.3) is 0 Å². The summed E-state index contributed by atoms with van der Waals surface area (Å²) in [5.74, 6) is -6.80. The summed E-state index contributed by atoms with van der Waals surface area (Å²) < 4.78 is 40.9. The first-order valence-corrected chi connectivity index (χ1v) is 15.0. The summed E-state index contributed by atoms with van der Waals surface area (Å²) in [6.07, 6.45) is 1.10. The van der Waals surface area contributed by atoms with Gasteiger partial charge in [-0.05, 0) is 25.7 Å². The predicted molar refractivity (Wildman–Crippen MR) is 146 cm³/mol. The van der Waals surface area contributed by atoms with Crippen molar-refractivity contribution in [3.8, 4) is 0 Å². The van der Waals surface area contributed by atoms with Crippen molar-refractivity contribution < 1.29 is 61.4 Å². The molecule has 0 aromatic rings. The summed E-state index contributed by atoms with van der Waals surface area (Å²) in [7, 11) is -4.43. The molecule has 0 aromatic heterocycles. The summed E-state index contributed by atoms with van der Waals surface area (Å²) in [5, 5.41) is 28.2. The van der Waals surface area contributed by atoms with E-state index in [1.165, 1.54) is 6.92 Å². The molecule has 42 heavy (non-hydrogen) atoms. The molecule has 7 N–H and O–H groups in total. The quantitative estimate of drug-likeness (QED) is 0.0465. The lowest BCUT2D eigenvalue weighted by Gasteiger charge is -2.17. The van der Waals surface area contributed by atoms with Crippen LogP contribution in [0.4, 0.5) is 0 Å². The molecule has 0 unspecified atom stereocenters. The van der Waals surface area contributed by atoms with E-state index in [9.17, 15) is 47.4 Å². The number of ether oxygens (including phenoxy) is 2. The molecule has 0 aromatic carbocycles. The second kappa shape index (κ2) is 21.4. The Morgan fingerprint density at radius 2 is 1.36 bits per heavy atom. The van der Waals surface area contributed by atoms with Gasteiger partial charge in [-0.1, -0.05) is 13.8 Å². The molecule has 18 heteroatoms. The highest BCUT2D eigenvalue weighted by Crippen LogP contribution is 2.04. The fourth-order valence-corrected chi connectivity index (χ4v) is 4.08. The van der Waals surface area contributed by atoms with E-state index in [-0.39, 0.29) is 58.1 Å². The zero-order chi connectivity index (χ0) is 32.1. The molecular weight excluding hydrogens is 584 g/mol. The fourth-order valence-electron chi connectivity index (χ4n) is 3.29. The summed E-state index contributed by atoms with van der Waals surface area (Å²) in [4.78, 5) is 69.7. The van der Waals surface area contributed by atoms with Gasteiger partial charge in [0.15, 0.2) is 0 Å². The Hall–Kier alpha value is -3.35. The standard InChI is InChI=1S/C24H42N4O13S/c1-3-19(29)25-9-5-4-6-17(23(33)34)27-21(31)14-41-13-12-40-11-10-26-20(30)8-7-18(24(35)36)28-22(32)16(2)15-42(37,38)39/h16-18H,3-15H2,1-2H3,(H,25,29)(H,26,30)(H,27,31)(H,28,32)(H,33,34)(H,35,36)(H,37,38,39)/t16-,17-,18-/m0/s1. The molecule has 242 valence electrons. The maximum absolute atomic E-state index is 12.0. The van der Waals surface area contributed by atoms with Crippen LogP contribution in [0.3, 0.4) is 0 Å². The normalized spacial score (nSPS) is 13.3. The molecule has 0 bridgehead atoms. The van der Waals surface area contributed by atoms with Crippen molar-refractivity contribution in [1.82, 2.24) is 21.3 Å². The number of rotatable bonds is 24. The zero-order valence-corrected chi connectivity index (χ0v) is 24.6. The van der Waals surface area contributed by atoms with Crippen LogP contribution in [0, 0.1) is 5.92 Å². The molecule has 0 heterocycles. The first kappa shape index (κ1) is 38.6. The second-order valence-electron chi connectivity index (χ2n) is 9.26. The summed E-state index contributed by atoms with van der Waals surface area (Å²) in [6, 6.07) is -2.53. The average molecular weight is 627 g/mol. The smallest absolute Gasteiger partial charge is 0.326 e. The highest BCUT2D eigenvalue weighted by molar-refractivity contribution is 7.85. The van der Waals surface area contributed by atoms with Crippen LogP contribution in [0.5, 0.6) is 0 Å². The Morgan fingerprint density at radius 3 is 1.95 bits per heavy atom. The Bertz CT molecular complexity index is 1010. The van der Waals surface area contributed by atoms with Crippen LogP contribution in [-0.4, -0.2) is 116 Å². The van der Waals surface area contributed by atoms with Gasteiger partial charge in [0, 0.05) is 25.9 Å². The van der Waals surface area contributed by atoms with Gasteiger partial charge < -0.3 is 41.0 Å². The van der Waals surface area contributed by atoms with Crippen LogP contribution in [0.15, 0.2) is 0 Å². The first-order chi connectivity index (χ1) is 19.7. The number of aliphatic carboxylic acids is 2. The maximum atomic E-state index is 12.0. The molecule has 4 amide bonds. The monoisotopic (exact) mass is 626 g/mol. The Balaban J connectivity index is 4.07. The SMILES string of the molecule is CCC(=O)NCCCC[C@H](NC(=O)COCCOCCNC(=O)CC[C@H](NC(=O)[C@@H](C)CS(=O)(=O)O)C(=O)O)C(=O)O. The summed E-state index contributed by atoms with van der Waals surface area (Å²) >= 11 is 0. The molecule has 0 aliphatic carbocycles. The van der Waals surface area contributed by atoms with Gasteiger partial charge in [-0.3, -0.25) is 23.7 Å². The van der Waals surface area contributed by atoms with E-state index in [1.807, 2.05) is 0 Å². The molecule has 0 aliphatic heterocycles. The molecule has 0 saturated carbocycles. The van der Waals surface area contributed by atoms with E-state index in [1.54, 1.807) is 6.92 Å². The molecule has 0 fully saturated rings. The van der Waals surface area contributed by atoms with Gasteiger partial charge in [0.2, 0.25) is 23.6 Å². The summed E-state index contributed by atoms with van der Waals surface area (Å²) in [6.45, 7) is 3.22. The van der Waals surface area contributed by atoms with Crippen molar-refractivity contribution in [2.24, 2.45) is 5.92 Å². The third-order valence-corrected chi connectivity index (χ3v) is 6.47. The van der Waals surface area contributed by atoms with E-state index in [0.29, 0.717) is 25.8 Å². The summed E-state index contributed by atoms with van der Waals surface area (Å²) in [5.41, 5.74) is 0. The van der Waals surface area contributed by atoms with Gasteiger partial charge in [-0.2, -0.15) is 8.42 Å². The number of amides is 4. The lowest BCUT2D eigenvalue weighted by molar-refractivity contribution is -0.143. The molecule has 0 rings (SSSR count). The number of carbonyl (C=O) groups excluding carboxylic acids is 4. The van der Waals surface area contributed by atoms with E-state index in [0.717, 1.165) is 0 Å². The lowest BCUT2D eigenvalue weighted by atomic mass is 10.1. The third kappa shape index (κ3) is 20.5. The number of hydrogen-bond donors (Lipinski definition) is 7. The Kier molecular flexibility index (Phi) is 19.7. The number of carbonyl (C=O) groups is 6. The molecule has 0 saturated heterocycles. The maximum Gasteiger partial charge on any atom is 0.326 e. The Morgan fingerprint density at radius 1 is 0.762 bits per heavy atom. The van der Waals surface area contributed by atoms with E-state index >= 15 is 0 Å². The second-order valence-corrected chi connectivity index (χ2v) is 10.8. The molecule has 0 aliphatic rings. The van der Waals surface area contributed by atoms with E-state index < -0.39 is 63.5 Å². The van der Waals surface area contributed by atoms with Gasteiger partial charge in [0.25, 0.3) is 10.1 Å². The average Bonchev–Trinajstić information content (AvgIpc) is 2.89. The van der Waals surface area contributed by atoms with Gasteiger partial charge in [0.05, 0.1) is 31.5 Å². The minimum Gasteiger partial charge on any atom is -0.480 e. The van der Waals surface area contributed by atoms with Gasteiger partial charge in [0.1, 0.15) is 18.7 Å². The van der Waals surface area contributed by atoms with Crippen LogP contribution >= 0.6 is 0 Å². The van der Waals surface area contributed by atoms with Gasteiger partial charge in [-0.25, -0.2) is 9.59 Å². The minimum atomic E-state index is -4.43. The van der Waals surface area contributed by atoms with Crippen molar-refractivity contribution >= 4 is 45.7 Å². The van der Waals surface area contributed by atoms with E-state index in [4.69, 9.17) is 14.0 Å². The largest absolute Gasteiger partial charge is 0.480 e. The first-order valence-electron chi connectivity index (χ1n) is 13.4. The number of carboxylic acid groups (broad SMARTS) is 2. The zero-order valence-electron chi connectivity index (χ0n) is 23.8. The molecule has 0 radical (unpaired) electrons. The molecular formula is C24H42N4O13S. The highest BCUT2D eigenvalue weighted by Gasteiger charge is 2.26. The lowest BCUT2D eigenvalue weighted by Crippen LogP contribution is -2.45. The van der Waals surface area contributed by atoms with Crippen LogP contribution < -0.4 is 21.3 Å². The minimum absolute atomic E-state index is 0.0201. The van der Waals surface area contributed by atoms with Crippen molar-refractivity contribution in [1.29, 1.82) is 0 Å². The number of carboxylic acids is 2. The highest BCUT2D eigenvalue weighted by atomic mass is 32.2.